The molecule has 5 aromatic rings. The second-order valence-corrected chi connectivity index (χ2v) is 5.23. The monoisotopic (exact) mass is 318 g/mol. The van der Waals surface area contributed by atoms with Gasteiger partial charge in [-0.1, -0.05) is 12.1 Å². The van der Waals surface area contributed by atoms with E-state index in [1.165, 1.54) is 21.7 Å². The number of anilines is 1. The van der Waals surface area contributed by atoms with Crippen molar-refractivity contribution in [3.63, 3.8) is 0 Å². The first-order valence-corrected chi connectivity index (χ1v) is 7.21. The maximum atomic E-state index is 12.7. The normalized spacial score (nSPS) is 11.5. The van der Waals surface area contributed by atoms with Gasteiger partial charge in [0, 0.05) is 12.4 Å². The summed E-state index contributed by atoms with van der Waals surface area (Å²) in [6.07, 6.45) is 4.53. The zero-order valence-corrected chi connectivity index (χ0v) is 12.2. The van der Waals surface area contributed by atoms with E-state index in [9.17, 15) is 4.79 Å². The number of nitrogens with one attached hydrogen (secondary N) is 2. The number of aromatic amines is 1. The molecule has 0 bridgehead atoms. The van der Waals surface area contributed by atoms with E-state index < -0.39 is 0 Å². The highest BCUT2D eigenvalue weighted by Crippen LogP contribution is 2.14. The number of fused-ring (bicyclic) bond motifs is 4. The standard InChI is InChI=1S/C15H10N8O/c24-13-9-7-16-15-17-8-18-23(15)12(9)5-6-22(13)21-14-19-10-3-1-2-4-11(10)20-14/h1-8H,(H2,19,20,21). The number of nitrogens with zero attached hydrogens (tertiary/aromatic N) is 6. The van der Waals surface area contributed by atoms with Crippen LogP contribution in [0.1, 0.15) is 0 Å². The van der Waals surface area contributed by atoms with Crippen molar-refractivity contribution in [2.45, 2.75) is 0 Å². The molecule has 0 aliphatic carbocycles. The van der Waals surface area contributed by atoms with Gasteiger partial charge in [0.2, 0.25) is 5.95 Å². The van der Waals surface area contributed by atoms with Crippen molar-refractivity contribution >= 4 is 33.7 Å². The maximum absolute atomic E-state index is 12.7. The van der Waals surface area contributed by atoms with E-state index in [1.807, 2.05) is 24.3 Å². The Labute approximate surface area is 133 Å². The summed E-state index contributed by atoms with van der Waals surface area (Å²) in [5.41, 5.74) is 5.06. The van der Waals surface area contributed by atoms with Gasteiger partial charge in [-0.25, -0.2) is 14.6 Å². The van der Waals surface area contributed by atoms with Crippen LogP contribution in [0.5, 0.6) is 0 Å². The first-order valence-electron chi connectivity index (χ1n) is 7.21. The van der Waals surface area contributed by atoms with E-state index in [0.717, 1.165) is 11.0 Å². The van der Waals surface area contributed by atoms with Crippen LogP contribution in [0.2, 0.25) is 0 Å². The molecule has 0 saturated carbocycles. The summed E-state index contributed by atoms with van der Waals surface area (Å²) in [7, 11) is 0. The van der Waals surface area contributed by atoms with Crippen LogP contribution in [-0.2, 0) is 0 Å². The molecule has 0 unspecified atom stereocenters. The van der Waals surface area contributed by atoms with Gasteiger partial charge in [-0.3, -0.25) is 10.2 Å². The fourth-order valence-corrected chi connectivity index (χ4v) is 2.67. The Kier molecular flexibility index (Phi) is 2.46. The summed E-state index contributed by atoms with van der Waals surface area (Å²) >= 11 is 0. The SMILES string of the molecule is O=c1c2cnc3ncnn3c2ccn1Nc1nc2ccccc2[nH]1. The molecule has 0 aliphatic rings. The van der Waals surface area contributed by atoms with Crippen LogP contribution in [-0.4, -0.2) is 34.2 Å². The zero-order valence-electron chi connectivity index (χ0n) is 12.2. The van der Waals surface area contributed by atoms with E-state index in [0.29, 0.717) is 22.6 Å². The lowest BCUT2D eigenvalue weighted by atomic mass is 10.3. The molecule has 4 heterocycles. The van der Waals surface area contributed by atoms with Crippen molar-refractivity contribution in [2.75, 3.05) is 5.43 Å². The molecule has 9 nitrogen and oxygen atoms in total. The van der Waals surface area contributed by atoms with Crippen LogP contribution in [0.25, 0.3) is 27.7 Å². The molecule has 0 aliphatic heterocycles. The van der Waals surface area contributed by atoms with E-state index >= 15 is 0 Å². The smallest absolute Gasteiger partial charge is 0.280 e. The van der Waals surface area contributed by atoms with Crippen molar-refractivity contribution in [1.29, 1.82) is 0 Å². The predicted molar refractivity (Wildman–Crippen MR) is 87.7 cm³/mol. The molecule has 0 atom stereocenters. The van der Waals surface area contributed by atoms with Crippen molar-refractivity contribution in [3.8, 4) is 0 Å². The number of hydrogen-bond acceptors (Lipinski definition) is 6. The number of hydrogen-bond donors (Lipinski definition) is 2. The third kappa shape index (κ3) is 1.78. The molecule has 0 amide bonds. The lowest BCUT2D eigenvalue weighted by Gasteiger charge is -2.07. The molecule has 4 aromatic heterocycles. The fourth-order valence-electron chi connectivity index (χ4n) is 2.67. The topological polar surface area (TPSA) is 106 Å². The van der Waals surface area contributed by atoms with Gasteiger partial charge in [-0.2, -0.15) is 14.6 Å². The third-order valence-corrected chi connectivity index (χ3v) is 3.79. The van der Waals surface area contributed by atoms with Crippen molar-refractivity contribution in [2.24, 2.45) is 0 Å². The number of imidazole rings is 1. The summed E-state index contributed by atoms with van der Waals surface area (Å²) < 4.78 is 2.88. The Morgan fingerprint density at radius 2 is 2.04 bits per heavy atom. The minimum absolute atomic E-state index is 0.252. The van der Waals surface area contributed by atoms with Crippen LogP contribution in [0, 0.1) is 0 Å². The van der Waals surface area contributed by atoms with Crippen LogP contribution in [0.3, 0.4) is 0 Å². The Morgan fingerprint density at radius 3 is 2.96 bits per heavy atom. The Balaban J connectivity index is 1.65. The average Bonchev–Trinajstić information content (AvgIpc) is 3.23. The van der Waals surface area contributed by atoms with Gasteiger partial charge in [-0.05, 0) is 18.2 Å². The first kappa shape index (κ1) is 12.8. The van der Waals surface area contributed by atoms with Crippen LogP contribution in [0.15, 0.2) is 53.8 Å². The quantitative estimate of drug-likeness (QED) is 0.506. The van der Waals surface area contributed by atoms with Crippen LogP contribution in [0.4, 0.5) is 5.95 Å². The van der Waals surface area contributed by atoms with Crippen molar-refractivity contribution in [1.82, 2.24) is 34.2 Å². The van der Waals surface area contributed by atoms with Crippen molar-refractivity contribution < 1.29 is 0 Å². The zero-order chi connectivity index (χ0) is 16.1. The molecular formula is C15H10N8O. The van der Waals surface area contributed by atoms with E-state index in [1.54, 1.807) is 12.3 Å². The molecule has 9 heteroatoms. The van der Waals surface area contributed by atoms with Crippen LogP contribution < -0.4 is 11.0 Å². The predicted octanol–water partition coefficient (Wildman–Crippen LogP) is 1.19. The number of benzene rings is 1. The molecule has 2 N–H and O–H groups in total. The fraction of sp³-hybridized carbons (Fsp3) is 0. The lowest BCUT2D eigenvalue weighted by Crippen LogP contribution is -2.26. The molecule has 5 rings (SSSR count). The van der Waals surface area contributed by atoms with Gasteiger partial charge in [-0.15, -0.1) is 0 Å². The van der Waals surface area contributed by atoms with E-state index in [2.05, 4.69) is 30.5 Å². The minimum atomic E-state index is -0.252. The molecular weight excluding hydrogens is 308 g/mol. The molecule has 0 saturated heterocycles. The summed E-state index contributed by atoms with van der Waals surface area (Å²) in [6.45, 7) is 0. The average molecular weight is 318 g/mol. The molecule has 116 valence electrons. The highest BCUT2D eigenvalue weighted by molar-refractivity contribution is 5.79. The molecule has 0 radical (unpaired) electrons. The second kappa shape index (κ2) is 4.62. The second-order valence-electron chi connectivity index (χ2n) is 5.23. The number of pyridine rings is 1. The minimum Gasteiger partial charge on any atom is -0.323 e. The number of para-hydroxylation sites is 2. The molecule has 24 heavy (non-hydrogen) atoms. The molecule has 0 spiro atoms. The van der Waals surface area contributed by atoms with E-state index in [-0.39, 0.29) is 5.56 Å². The van der Waals surface area contributed by atoms with Crippen molar-refractivity contribution in [3.05, 3.63) is 59.4 Å². The van der Waals surface area contributed by atoms with Gasteiger partial charge in [0.1, 0.15) is 6.33 Å². The van der Waals surface area contributed by atoms with Crippen LogP contribution >= 0.6 is 0 Å². The number of aromatic nitrogens is 7. The summed E-state index contributed by atoms with van der Waals surface area (Å²) in [6, 6.07) is 9.41. The lowest BCUT2D eigenvalue weighted by molar-refractivity contribution is 0.884. The van der Waals surface area contributed by atoms with Gasteiger partial charge >= 0.3 is 0 Å². The Bertz CT molecular complexity index is 1230. The highest BCUT2D eigenvalue weighted by Gasteiger charge is 2.09. The first-order chi connectivity index (χ1) is 11.8. The van der Waals surface area contributed by atoms with Gasteiger partial charge in [0.25, 0.3) is 11.3 Å². The Hall–Kier alpha value is -3.75. The molecule has 1 aromatic carbocycles. The summed E-state index contributed by atoms with van der Waals surface area (Å²) in [4.78, 5) is 28.3. The van der Waals surface area contributed by atoms with Gasteiger partial charge < -0.3 is 4.98 Å². The maximum Gasteiger partial charge on any atom is 0.280 e. The number of rotatable bonds is 2. The largest absolute Gasteiger partial charge is 0.323 e. The summed E-state index contributed by atoms with van der Waals surface area (Å²) in [5, 5.41) is 4.52. The third-order valence-electron chi connectivity index (χ3n) is 3.79. The molecule has 0 fully saturated rings. The Morgan fingerprint density at radius 1 is 1.12 bits per heavy atom. The van der Waals surface area contributed by atoms with Gasteiger partial charge in [0.15, 0.2) is 0 Å². The number of H-pyrrole nitrogens is 1. The summed E-state index contributed by atoms with van der Waals surface area (Å²) in [5.74, 6) is 0.928. The van der Waals surface area contributed by atoms with Gasteiger partial charge in [0.05, 0.1) is 21.9 Å². The van der Waals surface area contributed by atoms with E-state index in [4.69, 9.17) is 0 Å². The highest BCUT2D eigenvalue weighted by atomic mass is 16.1.